The third kappa shape index (κ3) is 2.14. The highest BCUT2D eigenvalue weighted by Crippen LogP contribution is 2.47. The Hall–Kier alpha value is -1.08. The van der Waals surface area contributed by atoms with E-state index in [1.807, 2.05) is 0 Å². The van der Waals surface area contributed by atoms with Crippen molar-refractivity contribution in [3.8, 4) is 0 Å². The highest BCUT2D eigenvalue weighted by atomic mass is 32.2. The van der Waals surface area contributed by atoms with Gasteiger partial charge in [0.05, 0.1) is 10.6 Å². The standard InChI is InChI=1S/C12H14F3NO2S/c1-2-16-11(12(13,14)15)7-8-19(17,18)10-6-4-3-5-9(10)11/h3-6,16H,2,7-8H2,1H3. The van der Waals surface area contributed by atoms with Crippen LogP contribution in [-0.4, -0.2) is 26.9 Å². The molecule has 1 N–H and O–H groups in total. The van der Waals surface area contributed by atoms with Gasteiger partial charge < -0.3 is 5.32 Å². The second-order valence-electron chi connectivity index (χ2n) is 4.50. The summed E-state index contributed by atoms with van der Waals surface area (Å²) in [6.07, 6.45) is -5.04. The van der Waals surface area contributed by atoms with Crippen LogP contribution in [0.2, 0.25) is 0 Å². The summed E-state index contributed by atoms with van der Waals surface area (Å²) in [5.41, 5.74) is -2.47. The first kappa shape index (κ1) is 14.3. The lowest BCUT2D eigenvalue weighted by molar-refractivity contribution is -0.203. The predicted octanol–water partition coefficient (Wildman–Crippen LogP) is 2.23. The third-order valence-electron chi connectivity index (χ3n) is 3.39. The predicted molar refractivity (Wildman–Crippen MR) is 64.5 cm³/mol. The summed E-state index contributed by atoms with van der Waals surface area (Å²) in [6, 6.07) is 5.34. The second-order valence-corrected chi connectivity index (χ2v) is 6.58. The molecule has 2 rings (SSSR count). The number of sulfone groups is 1. The SMILES string of the molecule is CCNC1(C(F)(F)F)CCS(=O)(=O)c2ccccc21. The molecule has 7 heteroatoms. The van der Waals surface area contributed by atoms with Gasteiger partial charge in [0.1, 0.15) is 5.54 Å². The highest BCUT2D eigenvalue weighted by molar-refractivity contribution is 7.91. The van der Waals surface area contributed by atoms with Crippen molar-refractivity contribution in [3.05, 3.63) is 29.8 Å². The van der Waals surface area contributed by atoms with E-state index in [-0.39, 0.29) is 17.0 Å². The van der Waals surface area contributed by atoms with E-state index in [1.54, 1.807) is 6.92 Å². The van der Waals surface area contributed by atoms with Crippen LogP contribution < -0.4 is 5.32 Å². The van der Waals surface area contributed by atoms with Crippen molar-refractivity contribution in [1.29, 1.82) is 0 Å². The number of halogens is 3. The topological polar surface area (TPSA) is 46.2 Å². The smallest absolute Gasteiger partial charge is 0.300 e. The van der Waals surface area contributed by atoms with Crippen LogP contribution >= 0.6 is 0 Å². The number of alkyl halides is 3. The van der Waals surface area contributed by atoms with Crippen molar-refractivity contribution >= 4 is 9.84 Å². The summed E-state index contributed by atoms with van der Waals surface area (Å²) in [7, 11) is -3.63. The minimum atomic E-state index is -4.55. The lowest BCUT2D eigenvalue weighted by Gasteiger charge is -2.40. The van der Waals surface area contributed by atoms with E-state index < -0.39 is 33.7 Å². The van der Waals surface area contributed by atoms with Crippen LogP contribution in [-0.2, 0) is 15.4 Å². The molecule has 3 nitrogen and oxygen atoms in total. The molecule has 0 radical (unpaired) electrons. The second kappa shape index (κ2) is 4.49. The fourth-order valence-corrected chi connectivity index (χ4v) is 4.16. The first-order chi connectivity index (χ1) is 8.74. The van der Waals surface area contributed by atoms with Gasteiger partial charge in [-0.25, -0.2) is 8.42 Å². The van der Waals surface area contributed by atoms with Crippen LogP contribution in [0, 0.1) is 0 Å². The van der Waals surface area contributed by atoms with Gasteiger partial charge in [-0.05, 0) is 24.6 Å². The van der Waals surface area contributed by atoms with Crippen molar-refractivity contribution in [2.45, 2.75) is 30.0 Å². The maximum Gasteiger partial charge on any atom is 0.410 e. The monoisotopic (exact) mass is 293 g/mol. The van der Waals surface area contributed by atoms with Gasteiger partial charge in [-0.2, -0.15) is 13.2 Å². The highest BCUT2D eigenvalue weighted by Gasteiger charge is 2.59. The van der Waals surface area contributed by atoms with E-state index >= 15 is 0 Å². The van der Waals surface area contributed by atoms with Crippen LogP contribution in [0.1, 0.15) is 18.9 Å². The molecule has 0 fully saturated rings. The molecule has 0 saturated carbocycles. The summed E-state index contributed by atoms with van der Waals surface area (Å²) in [4.78, 5) is -0.223. The zero-order valence-corrected chi connectivity index (χ0v) is 11.1. The summed E-state index contributed by atoms with van der Waals surface area (Å²) in [5, 5.41) is 2.44. The van der Waals surface area contributed by atoms with Gasteiger partial charge in [-0.15, -0.1) is 0 Å². The molecule has 0 aromatic heterocycles. The Bertz CT molecular complexity index is 583. The zero-order chi connectivity index (χ0) is 14.3. The van der Waals surface area contributed by atoms with Gasteiger partial charge in [0, 0.05) is 0 Å². The van der Waals surface area contributed by atoms with Crippen molar-refractivity contribution in [2.75, 3.05) is 12.3 Å². The number of hydrogen-bond acceptors (Lipinski definition) is 3. The van der Waals surface area contributed by atoms with Crippen molar-refractivity contribution in [1.82, 2.24) is 5.32 Å². The van der Waals surface area contributed by atoms with Crippen LogP contribution in [0.5, 0.6) is 0 Å². The van der Waals surface area contributed by atoms with Crippen molar-refractivity contribution in [2.24, 2.45) is 0 Å². The molecule has 1 atom stereocenters. The molecule has 1 unspecified atom stereocenters. The van der Waals surface area contributed by atoms with E-state index in [2.05, 4.69) is 5.32 Å². The molecule has 1 aliphatic heterocycles. The van der Waals surface area contributed by atoms with Gasteiger partial charge in [0.15, 0.2) is 9.84 Å². The Morgan fingerprint density at radius 1 is 1.32 bits per heavy atom. The summed E-state index contributed by atoms with van der Waals surface area (Å²) >= 11 is 0. The first-order valence-electron chi connectivity index (χ1n) is 5.88. The summed E-state index contributed by atoms with van der Waals surface area (Å²) < 4.78 is 64.2. The minimum absolute atomic E-state index is 0.105. The first-order valence-corrected chi connectivity index (χ1v) is 7.54. The fraction of sp³-hybridized carbons (Fsp3) is 0.500. The number of rotatable bonds is 2. The van der Waals surface area contributed by atoms with E-state index in [0.29, 0.717) is 0 Å². The Kier molecular flexibility index (Phi) is 3.38. The van der Waals surface area contributed by atoms with Crippen molar-refractivity contribution < 1.29 is 21.6 Å². The largest absolute Gasteiger partial charge is 0.410 e. The van der Waals surface area contributed by atoms with Crippen LogP contribution in [0.25, 0.3) is 0 Å². The fourth-order valence-electron chi connectivity index (χ4n) is 2.50. The molecule has 0 amide bonds. The quantitative estimate of drug-likeness (QED) is 0.909. The van der Waals surface area contributed by atoms with Gasteiger partial charge in [0.25, 0.3) is 0 Å². The molecular weight excluding hydrogens is 279 g/mol. The molecule has 0 spiro atoms. The van der Waals surface area contributed by atoms with Crippen LogP contribution in [0.4, 0.5) is 13.2 Å². The van der Waals surface area contributed by atoms with Crippen molar-refractivity contribution in [3.63, 3.8) is 0 Å². The molecular formula is C12H14F3NO2S. The van der Waals surface area contributed by atoms with E-state index in [1.165, 1.54) is 24.3 Å². The van der Waals surface area contributed by atoms with Gasteiger partial charge >= 0.3 is 6.18 Å². The molecule has 1 aliphatic rings. The number of hydrogen-bond donors (Lipinski definition) is 1. The Balaban J connectivity index is 2.73. The van der Waals surface area contributed by atoms with E-state index in [4.69, 9.17) is 0 Å². The average molecular weight is 293 g/mol. The Morgan fingerprint density at radius 3 is 2.53 bits per heavy atom. The molecule has 19 heavy (non-hydrogen) atoms. The molecule has 0 saturated heterocycles. The molecule has 1 aromatic rings. The average Bonchev–Trinajstić information content (AvgIpc) is 2.32. The lowest BCUT2D eigenvalue weighted by Crippen LogP contribution is -2.57. The van der Waals surface area contributed by atoms with Gasteiger partial charge in [0.2, 0.25) is 0 Å². The summed E-state index contributed by atoms with van der Waals surface area (Å²) in [5.74, 6) is -0.503. The molecule has 1 heterocycles. The minimum Gasteiger partial charge on any atom is -0.300 e. The number of fused-ring (bicyclic) bond motifs is 1. The number of nitrogens with one attached hydrogen (secondary N) is 1. The third-order valence-corrected chi connectivity index (χ3v) is 5.16. The van der Waals surface area contributed by atoms with Crippen LogP contribution in [0.3, 0.4) is 0 Å². The van der Waals surface area contributed by atoms with E-state index in [0.717, 1.165) is 0 Å². The molecule has 1 aromatic carbocycles. The normalized spacial score (nSPS) is 25.9. The molecule has 106 valence electrons. The molecule has 0 bridgehead atoms. The summed E-state index contributed by atoms with van der Waals surface area (Å²) in [6.45, 7) is 1.67. The van der Waals surface area contributed by atoms with E-state index in [9.17, 15) is 21.6 Å². The number of benzene rings is 1. The van der Waals surface area contributed by atoms with Crippen LogP contribution in [0.15, 0.2) is 29.2 Å². The Morgan fingerprint density at radius 2 is 1.95 bits per heavy atom. The molecule has 0 aliphatic carbocycles. The maximum absolute atomic E-state index is 13.5. The maximum atomic E-state index is 13.5. The van der Waals surface area contributed by atoms with Gasteiger partial charge in [-0.1, -0.05) is 25.1 Å². The lowest BCUT2D eigenvalue weighted by atomic mass is 9.85. The zero-order valence-electron chi connectivity index (χ0n) is 10.3. The Labute approximate surface area is 109 Å². The van der Waals surface area contributed by atoms with Gasteiger partial charge in [-0.3, -0.25) is 0 Å².